The maximum Gasteiger partial charge on any atom is 0.226 e. The van der Waals surface area contributed by atoms with Crippen molar-refractivity contribution in [1.29, 1.82) is 0 Å². The first-order chi connectivity index (χ1) is 9.84. The van der Waals surface area contributed by atoms with E-state index in [1.807, 2.05) is 6.92 Å². The topological polar surface area (TPSA) is 51.2 Å². The van der Waals surface area contributed by atoms with Crippen molar-refractivity contribution < 1.29 is 9.53 Å². The first kappa shape index (κ1) is 15.0. The monoisotopic (exact) mass is 308 g/mol. The predicted molar refractivity (Wildman–Crippen MR) is 83.4 cm³/mol. The van der Waals surface area contributed by atoms with Gasteiger partial charge in [-0.1, -0.05) is 20.8 Å². The van der Waals surface area contributed by atoms with Gasteiger partial charge in [-0.2, -0.15) is 0 Å². The van der Waals surface area contributed by atoms with Crippen molar-refractivity contribution in [3.8, 4) is 0 Å². The van der Waals surface area contributed by atoms with Crippen molar-refractivity contribution in [3.05, 3.63) is 16.1 Å². The summed E-state index contributed by atoms with van der Waals surface area (Å²) in [5, 5.41) is 6.20. The average molecular weight is 308 g/mol. The molecule has 0 unspecified atom stereocenters. The van der Waals surface area contributed by atoms with Gasteiger partial charge in [0.15, 0.2) is 0 Å². The fourth-order valence-electron chi connectivity index (χ4n) is 3.13. The predicted octanol–water partition coefficient (Wildman–Crippen LogP) is 3.19. The fraction of sp³-hybridized carbons (Fsp3) is 0.750. The van der Waals surface area contributed by atoms with E-state index in [0.29, 0.717) is 6.10 Å². The number of nitrogens with zero attached hydrogens (tertiary/aromatic N) is 1. The van der Waals surface area contributed by atoms with Crippen LogP contribution in [0.1, 0.15) is 63.7 Å². The van der Waals surface area contributed by atoms with Crippen LogP contribution in [0.3, 0.4) is 0 Å². The highest BCUT2D eigenvalue weighted by molar-refractivity contribution is 7.09. The first-order valence-electron chi connectivity index (χ1n) is 7.76. The Labute approximate surface area is 130 Å². The standard InChI is InChI=1S/C16H24N2O2S/c1-9(15-18-13(8-21-15)16(2,3)4)17-14(19)11-7-10-5-6-12(11)20-10/h8-12H,5-7H2,1-4H3,(H,17,19)/t9-,10+,11-,12+/m0/s1. The Morgan fingerprint density at radius 3 is 2.76 bits per heavy atom. The Kier molecular flexibility index (Phi) is 3.82. The van der Waals surface area contributed by atoms with Crippen molar-refractivity contribution in [3.63, 3.8) is 0 Å². The van der Waals surface area contributed by atoms with Crippen LogP contribution in [0, 0.1) is 5.92 Å². The summed E-state index contributed by atoms with van der Waals surface area (Å²) in [6, 6.07) is -0.0299. The summed E-state index contributed by atoms with van der Waals surface area (Å²) in [5.74, 6) is 0.162. The summed E-state index contributed by atoms with van der Waals surface area (Å²) in [5.41, 5.74) is 1.14. The van der Waals surface area contributed by atoms with Crippen LogP contribution >= 0.6 is 11.3 Å². The number of hydrogen-bond donors (Lipinski definition) is 1. The molecular weight excluding hydrogens is 284 g/mol. The number of aromatic nitrogens is 1. The first-order valence-corrected chi connectivity index (χ1v) is 8.64. The number of rotatable bonds is 3. The summed E-state index contributed by atoms with van der Waals surface area (Å²) < 4.78 is 5.77. The quantitative estimate of drug-likeness (QED) is 0.933. The van der Waals surface area contributed by atoms with Crippen molar-refractivity contribution in [1.82, 2.24) is 10.3 Å². The highest BCUT2D eigenvalue weighted by atomic mass is 32.1. The van der Waals surface area contributed by atoms with E-state index in [9.17, 15) is 4.79 Å². The maximum atomic E-state index is 12.4. The highest BCUT2D eigenvalue weighted by Gasteiger charge is 2.44. The van der Waals surface area contributed by atoms with Gasteiger partial charge in [0.25, 0.3) is 0 Å². The minimum Gasteiger partial charge on any atom is -0.374 e. The molecule has 2 bridgehead atoms. The molecule has 4 nitrogen and oxygen atoms in total. The smallest absolute Gasteiger partial charge is 0.226 e. The Morgan fingerprint density at radius 2 is 2.24 bits per heavy atom. The van der Waals surface area contributed by atoms with E-state index < -0.39 is 0 Å². The van der Waals surface area contributed by atoms with E-state index in [0.717, 1.165) is 30.0 Å². The van der Waals surface area contributed by atoms with Gasteiger partial charge in [0.1, 0.15) is 5.01 Å². The maximum absolute atomic E-state index is 12.4. The number of carbonyl (C=O) groups is 1. The van der Waals surface area contributed by atoms with Crippen LogP contribution in [0.2, 0.25) is 0 Å². The Morgan fingerprint density at radius 1 is 1.48 bits per heavy atom. The molecule has 1 N–H and O–H groups in total. The Hall–Kier alpha value is -0.940. The molecule has 2 saturated heterocycles. The number of thiazole rings is 1. The van der Waals surface area contributed by atoms with E-state index in [2.05, 4.69) is 36.5 Å². The van der Waals surface area contributed by atoms with E-state index in [-0.39, 0.29) is 29.4 Å². The zero-order valence-corrected chi connectivity index (χ0v) is 14.0. The van der Waals surface area contributed by atoms with Crippen LogP contribution in [-0.2, 0) is 14.9 Å². The zero-order valence-electron chi connectivity index (χ0n) is 13.2. The van der Waals surface area contributed by atoms with E-state index in [1.54, 1.807) is 11.3 Å². The molecule has 0 aliphatic carbocycles. The lowest BCUT2D eigenvalue weighted by atomic mass is 9.88. The van der Waals surface area contributed by atoms with Gasteiger partial charge in [0, 0.05) is 10.8 Å². The molecule has 2 aliphatic rings. The van der Waals surface area contributed by atoms with Gasteiger partial charge in [0.05, 0.1) is 29.9 Å². The van der Waals surface area contributed by atoms with Crippen LogP contribution in [0.15, 0.2) is 5.38 Å². The second-order valence-electron chi connectivity index (χ2n) is 7.27. The number of nitrogens with one attached hydrogen (secondary N) is 1. The molecule has 1 amide bonds. The molecular formula is C16H24N2O2S. The van der Waals surface area contributed by atoms with Gasteiger partial charge in [-0.3, -0.25) is 4.79 Å². The van der Waals surface area contributed by atoms with Crippen molar-refractivity contribution in [2.75, 3.05) is 0 Å². The van der Waals surface area contributed by atoms with Crippen LogP contribution in [0.4, 0.5) is 0 Å². The van der Waals surface area contributed by atoms with E-state index in [1.165, 1.54) is 0 Å². The molecule has 0 radical (unpaired) electrons. The van der Waals surface area contributed by atoms with Crippen molar-refractivity contribution >= 4 is 17.2 Å². The molecule has 3 heterocycles. The lowest BCUT2D eigenvalue weighted by Gasteiger charge is -2.20. The van der Waals surface area contributed by atoms with Crippen LogP contribution < -0.4 is 5.32 Å². The summed E-state index contributed by atoms with van der Waals surface area (Å²) in [7, 11) is 0. The third-order valence-corrected chi connectivity index (χ3v) is 5.49. The Bertz CT molecular complexity index is 535. The molecule has 4 atom stereocenters. The lowest BCUT2D eigenvalue weighted by molar-refractivity contribution is -0.127. The zero-order chi connectivity index (χ0) is 15.2. The summed E-state index contributed by atoms with van der Waals surface area (Å²) in [6.07, 6.45) is 3.49. The molecule has 2 fully saturated rings. The summed E-state index contributed by atoms with van der Waals surface area (Å²) in [6.45, 7) is 8.47. The minimum atomic E-state index is -0.0299. The highest BCUT2D eigenvalue weighted by Crippen LogP contribution is 2.39. The third-order valence-electron chi connectivity index (χ3n) is 4.46. The van der Waals surface area contributed by atoms with E-state index in [4.69, 9.17) is 4.74 Å². The average Bonchev–Trinajstić information content (AvgIpc) is 3.13. The van der Waals surface area contributed by atoms with E-state index >= 15 is 0 Å². The number of fused-ring (bicyclic) bond motifs is 2. The van der Waals surface area contributed by atoms with Gasteiger partial charge in [-0.15, -0.1) is 11.3 Å². The van der Waals surface area contributed by atoms with Gasteiger partial charge >= 0.3 is 0 Å². The number of carbonyl (C=O) groups excluding carboxylic acids is 1. The second kappa shape index (κ2) is 5.36. The van der Waals surface area contributed by atoms with Crippen LogP contribution in [-0.4, -0.2) is 23.1 Å². The van der Waals surface area contributed by atoms with Gasteiger partial charge in [-0.05, 0) is 26.2 Å². The molecule has 1 aromatic rings. The molecule has 0 aromatic carbocycles. The lowest BCUT2D eigenvalue weighted by Crippen LogP contribution is -2.37. The van der Waals surface area contributed by atoms with Crippen molar-refractivity contribution in [2.45, 2.75) is 70.6 Å². The number of hydrogen-bond acceptors (Lipinski definition) is 4. The number of ether oxygens (including phenoxy) is 1. The minimum absolute atomic E-state index is 0.0299. The second-order valence-corrected chi connectivity index (χ2v) is 8.16. The molecule has 116 valence electrons. The molecule has 0 saturated carbocycles. The van der Waals surface area contributed by atoms with Gasteiger partial charge < -0.3 is 10.1 Å². The third kappa shape index (κ3) is 2.99. The van der Waals surface area contributed by atoms with Gasteiger partial charge in [-0.25, -0.2) is 4.98 Å². The molecule has 0 spiro atoms. The number of amides is 1. The van der Waals surface area contributed by atoms with Gasteiger partial charge in [0.2, 0.25) is 5.91 Å². The normalized spacial score (nSPS) is 29.6. The summed E-state index contributed by atoms with van der Waals surface area (Å²) in [4.78, 5) is 17.1. The molecule has 2 aliphatic heterocycles. The van der Waals surface area contributed by atoms with Crippen LogP contribution in [0.25, 0.3) is 0 Å². The molecule has 21 heavy (non-hydrogen) atoms. The molecule has 3 rings (SSSR count). The SMILES string of the molecule is C[C@H](NC(=O)[C@H]1C[C@H]2CC[C@H]1O2)c1nc(C(C)(C)C)cs1. The van der Waals surface area contributed by atoms with Crippen LogP contribution in [0.5, 0.6) is 0 Å². The summed E-state index contributed by atoms with van der Waals surface area (Å²) >= 11 is 1.63. The molecule has 5 heteroatoms. The van der Waals surface area contributed by atoms with Crippen molar-refractivity contribution in [2.24, 2.45) is 5.92 Å². The molecule has 1 aromatic heterocycles. The largest absolute Gasteiger partial charge is 0.374 e. The fourth-order valence-corrected chi connectivity index (χ4v) is 4.18. The Balaban J connectivity index is 1.62.